The summed E-state index contributed by atoms with van der Waals surface area (Å²) < 4.78 is 1.00. The highest BCUT2D eigenvalue weighted by molar-refractivity contribution is 8.01. The summed E-state index contributed by atoms with van der Waals surface area (Å²) in [6.07, 6.45) is 3.99. The molecule has 1 aromatic rings. The molecule has 0 unspecified atom stereocenters. The fourth-order valence-electron chi connectivity index (χ4n) is 0.938. The number of ketones is 1. The maximum Gasteiger partial charge on any atom is 0.150 e. The van der Waals surface area contributed by atoms with Gasteiger partial charge in [-0.25, -0.2) is 4.98 Å². The fourth-order valence-corrected chi connectivity index (χ4v) is 2.55. The number of hydrogen-bond acceptors (Lipinski definition) is 4. The highest BCUT2D eigenvalue weighted by atomic mass is 32.2. The lowest BCUT2D eigenvalue weighted by molar-refractivity contribution is -0.117. The zero-order valence-electron chi connectivity index (χ0n) is 6.53. The third-order valence-corrected chi connectivity index (χ3v) is 3.77. The van der Waals surface area contributed by atoms with Crippen LogP contribution in [0.3, 0.4) is 0 Å². The number of carbonyl (C=O) groups excluding carboxylic acids is 1. The first-order chi connectivity index (χ1) is 5.86. The number of carbonyl (C=O) groups is 1. The Kier molecular flexibility index (Phi) is 2.46. The van der Waals surface area contributed by atoms with Crippen LogP contribution in [0, 0.1) is 5.92 Å². The average molecular weight is 199 g/mol. The van der Waals surface area contributed by atoms with E-state index in [2.05, 4.69) is 4.98 Å². The Morgan fingerprint density at radius 2 is 2.58 bits per heavy atom. The van der Waals surface area contributed by atoms with Gasteiger partial charge in [-0.2, -0.15) is 0 Å². The lowest BCUT2D eigenvalue weighted by Gasteiger charge is -1.94. The Hall–Kier alpha value is -0.350. The molecule has 1 aliphatic carbocycles. The third kappa shape index (κ3) is 2.08. The minimum absolute atomic E-state index is 0.387. The van der Waals surface area contributed by atoms with E-state index in [1.54, 1.807) is 29.3 Å². The summed E-state index contributed by atoms with van der Waals surface area (Å²) in [7, 11) is 0. The molecular formula is C8H9NOS2. The molecular weight excluding hydrogens is 190 g/mol. The van der Waals surface area contributed by atoms with Crippen molar-refractivity contribution < 1.29 is 4.79 Å². The van der Waals surface area contributed by atoms with E-state index in [4.69, 9.17) is 0 Å². The van der Waals surface area contributed by atoms with Crippen molar-refractivity contribution in [1.82, 2.24) is 4.98 Å². The van der Waals surface area contributed by atoms with Crippen molar-refractivity contribution in [3.8, 4) is 0 Å². The summed E-state index contributed by atoms with van der Waals surface area (Å²) in [6.45, 7) is 0. The lowest BCUT2D eigenvalue weighted by Crippen LogP contribution is -2.02. The van der Waals surface area contributed by atoms with Gasteiger partial charge in [0.25, 0.3) is 0 Å². The van der Waals surface area contributed by atoms with Gasteiger partial charge < -0.3 is 0 Å². The van der Waals surface area contributed by atoms with Gasteiger partial charge in [0.15, 0.2) is 0 Å². The van der Waals surface area contributed by atoms with Crippen molar-refractivity contribution in [2.24, 2.45) is 5.92 Å². The smallest absolute Gasteiger partial charge is 0.150 e. The van der Waals surface area contributed by atoms with E-state index >= 15 is 0 Å². The van der Waals surface area contributed by atoms with Gasteiger partial charge >= 0.3 is 0 Å². The predicted molar refractivity (Wildman–Crippen MR) is 50.6 cm³/mol. The Morgan fingerprint density at radius 1 is 1.75 bits per heavy atom. The first kappa shape index (κ1) is 8.26. The topological polar surface area (TPSA) is 30.0 Å². The van der Waals surface area contributed by atoms with Crippen LogP contribution in [-0.4, -0.2) is 16.5 Å². The Bertz CT molecular complexity index is 267. The van der Waals surface area contributed by atoms with E-state index in [1.807, 2.05) is 5.38 Å². The van der Waals surface area contributed by atoms with E-state index in [0.717, 1.165) is 17.2 Å². The van der Waals surface area contributed by atoms with Crippen LogP contribution >= 0.6 is 23.1 Å². The Morgan fingerprint density at radius 3 is 3.17 bits per heavy atom. The van der Waals surface area contributed by atoms with E-state index in [9.17, 15) is 4.79 Å². The average Bonchev–Trinajstić information content (AvgIpc) is 2.80. The summed E-state index contributed by atoms with van der Waals surface area (Å²) >= 11 is 3.16. The second-order valence-corrected chi connectivity index (χ2v) is 4.94. The van der Waals surface area contributed by atoms with Crippen LogP contribution in [0.15, 0.2) is 15.9 Å². The maximum atomic E-state index is 11.3. The van der Waals surface area contributed by atoms with Gasteiger partial charge in [0.05, 0.1) is 5.75 Å². The molecule has 4 heteroatoms. The molecule has 0 bridgehead atoms. The van der Waals surface area contributed by atoms with Crippen molar-refractivity contribution in [2.45, 2.75) is 17.2 Å². The third-order valence-electron chi connectivity index (χ3n) is 1.78. The molecule has 0 N–H and O–H groups in total. The van der Waals surface area contributed by atoms with Crippen molar-refractivity contribution in [3.05, 3.63) is 11.6 Å². The minimum Gasteiger partial charge on any atom is -0.298 e. The molecule has 0 aliphatic heterocycles. The number of nitrogens with zero attached hydrogens (tertiary/aromatic N) is 1. The molecule has 0 atom stereocenters. The van der Waals surface area contributed by atoms with Crippen LogP contribution in [0.5, 0.6) is 0 Å². The summed E-state index contributed by atoms with van der Waals surface area (Å²) in [6, 6.07) is 0. The highest BCUT2D eigenvalue weighted by Gasteiger charge is 2.29. The Labute approximate surface area is 79.4 Å². The van der Waals surface area contributed by atoms with Crippen molar-refractivity contribution >= 4 is 28.9 Å². The second kappa shape index (κ2) is 3.58. The molecule has 12 heavy (non-hydrogen) atoms. The zero-order valence-corrected chi connectivity index (χ0v) is 8.16. The van der Waals surface area contributed by atoms with Gasteiger partial charge in [0, 0.05) is 17.5 Å². The minimum atomic E-state index is 0.387. The van der Waals surface area contributed by atoms with Crippen molar-refractivity contribution in [3.63, 3.8) is 0 Å². The van der Waals surface area contributed by atoms with Crippen LogP contribution in [-0.2, 0) is 4.79 Å². The summed E-state index contributed by atoms with van der Waals surface area (Å²) in [5.74, 6) is 1.39. The van der Waals surface area contributed by atoms with Crippen LogP contribution in [0.25, 0.3) is 0 Å². The van der Waals surface area contributed by atoms with Gasteiger partial charge in [0.2, 0.25) is 0 Å². The predicted octanol–water partition coefficient (Wildman–Crippen LogP) is 2.21. The maximum absolute atomic E-state index is 11.3. The molecule has 1 fully saturated rings. The lowest BCUT2D eigenvalue weighted by atomic mass is 10.3. The molecule has 0 saturated heterocycles. The van der Waals surface area contributed by atoms with Crippen LogP contribution in [0.4, 0.5) is 0 Å². The fraction of sp³-hybridized carbons (Fsp3) is 0.500. The monoisotopic (exact) mass is 199 g/mol. The zero-order chi connectivity index (χ0) is 8.39. The van der Waals surface area contributed by atoms with Gasteiger partial charge in [0.1, 0.15) is 10.1 Å². The van der Waals surface area contributed by atoms with E-state index in [1.165, 1.54) is 0 Å². The number of aromatic nitrogens is 1. The normalized spacial score (nSPS) is 16.3. The molecule has 2 rings (SSSR count). The van der Waals surface area contributed by atoms with Crippen LogP contribution in [0.1, 0.15) is 12.8 Å². The summed E-state index contributed by atoms with van der Waals surface area (Å²) in [4.78, 5) is 15.4. The van der Waals surface area contributed by atoms with Crippen LogP contribution < -0.4 is 0 Å². The summed E-state index contributed by atoms with van der Waals surface area (Å²) in [5.41, 5.74) is 0. The second-order valence-electron chi connectivity index (χ2n) is 2.83. The van der Waals surface area contributed by atoms with E-state index < -0.39 is 0 Å². The van der Waals surface area contributed by atoms with Crippen LogP contribution in [0.2, 0.25) is 0 Å². The molecule has 0 spiro atoms. The Balaban J connectivity index is 1.78. The number of rotatable bonds is 4. The molecule has 64 valence electrons. The van der Waals surface area contributed by atoms with E-state index in [0.29, 0.717) is 17.5 Å². The quantitative estimate of drug-likeness (QED) is 0.696. The van der Waals surface area contributed by atoms with Gasteiger partial charge in [-0.05, 0) is 12.8 Å². The number of thioether (sulfide) groups is 1. The van der Waals surface area contributed by atoms with Gasteiger partial charge in [-0.15, -0.1) is 11.3 Å². The highest BCUT2D eigenvalue weighted by Crippen LogP contribution is 2.32. The molecule has 1 aliphatic rings. The van der Waals surface area contributed by atoms with E-state index in [-0.39, 0.29) is 0 Å². The number of thiazole rings is 1. The summed E-state index contributed by atoms with van der Waals surface area (Å²) in [5, 5.41) is 1.93. The molecule has 1 heterocycles. The molecule has 0 aromatic carbocycles. The first-order valence-corrected chi connectivity index (χ1v) is 5.78. The standard InChI is InChI=1S/C8H9NOS2/c10-7(6-1-2-6)5-12-8-9-3-4-11-8/h3-4,6H,1-2,5H2. The van der Waals surface area contributed by atoms with Crippen molar-refractivity contribution in [1.29, 1.82) is 0 Å². The first-order valence-electron chi connectivity index (χ1n) is 3.91. The molecule has 1 aromatic heterocycles. The largest absolute Gasteiger partial charge is 0.298 e. The SMILES string of the molecule is O=C(CSc1nccs1)C1CC1. The molecule has 0 radical (unpaired) electrons. The molecule has 0 amide bonds. The molecule has 2 nitrogen and oxygen atoms in total. The number of hydrogen-bond donors (Lipinski definition) is 0. The number of Topliss-reactive ketones (excluding diaryl/α,β-unsaturated/α-hetero) is 1. The van der Waals surface area contributed by atoms with Gasteiger partial charge in [-0.3, -0.25) is 4.79 Å². The van der Waals surface area contributed by atoms with Gasteiger partial charge in [-0.1, -0.05) is 11.8 Å². The molecule has 1 saturated carbocycles. The van der Waals surface area contributed by atoms with Crippen molar-refractivity contribution in [2.75, 3.05) is 5.75 Å².